The van der Waals surface area contributed by atoms with Gasteiger partial charge in [-0.2, -0.15) is 0 Å². The van der Waals surface area contributed by atoms with Gasteiger partial charge in [-0.05, 0) is 20.3 Å². The van der Waals surface area contributed by atoms with Crippen molar-refractivity contribution in [3.8, 4) is 0 Å². The van der Waals surface area contributed by atoms with Crippen molar-refractivity contribution in [3.05, 3.63) is 0 Å². The summed E-state index contributed by atoms with van der Waals surface area (Å²) in [5.74, 6) is 0.126. The van der Waals surface area contributed by atoms with Gasteiger partial charge in [-0.25, -0.2) is 0 Å². The molecule has 0 saturated carbocycles. The average Bonchev–Trinajstić information content (AvgIpc) is 2.36. The second kappa shape index (κ2) is 3.64. The molecule has 0 aromatic heterocycles. The molecule has 13 heavy (non-hydrogen) atoms. The maximum absolute atomic E-state index is 11.5. The molecule has 4 heteroatoms. The third-order valence-corrected chi connectivity index (χ3v) is 2.39. The first kappa shape index (κ1) is 10.5. The van der Waals surface area contributed by atoms with Crippen molar-refractivity contribution < 1.29 is 9.90 Å². The Hall–Kier alpha value is -0.610. The quantitative estimate of drug-likeness (QED) is 0.629. The van der Waals surface area contributed by atoms with Crippen molar-refractivity contribution in [1.82, 2.24) is 10.2 Å². The topological polar surface area (TPSA) is 52.6 Å². The number of likely N-dealkylation sites (N-methyl/N-ethyl adjacent to an activating group) is 1. The zero-order chi connectivity index (χ0) is 10.1. The predicted molar refractivity (Wildman–Crippen MR) is 50.3 cm³/mol. The molecule has 1 unspecified atom stereocenters. The molecule has 1 aliphatic heterocycles. The van der Waals surface area contributed by atoms with Gasteiger partial charge in [-0.15, -0.1) is 0 Å². The lowest BCUT2D eigenvalue weighted by Gasteiger charge is -2.26. The Morgan fingerprint density at radius 1 is 1.69 bits per heavy atom. The molecule has 76 valence electrons. The van der Waals surface area contributed by atoms with Gasteiger partial charge in [0.2, 0.25) is 5.91 Å². The number of hydrogen-bond donors (Lipinski definition) is 2. The Kier molecular flexibility index (Phi) is 2.93. The van der Waals surface area contributed by atoms with Crippen LogP contribution in [0.1, 0.15) is 20.3 Å². The van der Waals surface area contributed by atoms with E-state index < -0.39 is 0 Å². The van der Waals surface area contributed by atoms with E-state index in [0.717, 1.165) is 13.0 Å². The Bertz CT molecular complexity index is 204. The fourth-order valence-corrected chi connectivity index (χ4v) is 1.47. The van der Waals surface area contributed by atoms with Crippen LogP contribution >= 0.6 is 0 Å². The molecule has 1 aliphatic rings. The van der Waals surface area contributed by atoms with Crippen molar-refractivity contribution in [2.24, 2.45) is 0 Å². The fourth-order valence-electron chi connectivity index (χ4n) is 1.47. The summed E-state index contributed by atoms with van der Waals surface area (Å²) in [6.45, 7) is 4.62. The molecule has 0 aromatic rings. The van der Waals surface area contributed by atoms with Crippen LogP contribution in [0, 0.1) is 0 Å². The van der Waals surface area contributed by atoms with Crippen LogP contribution in [0.4, 0.5) is 0 Å². The predicted octanol–water partition coefficient (Wildman–Crippen LogP) is -0.422. The first-order valence-corrected chi connectivity index (χ1v) is 4.60. The molecule has 1 heterocycles. The zero-order valence-corrected chi connectivity index (χ0v) is 8.50. The molecule has 1 rings (SSSR count). The molecule has 0 aliphatic carbocycles. The molecule has 0 radical (unpaired) electrons. The number of carbonyl (C=O) groups excluding carboxylic acids is 1. The molecule has 0 spiro atoms. The lowest BCUT2D eigenvalue weighted by Crippen LogP contribution is -2.51. The largest absolute Gasteiger partial charge is 0.394 e. The zero-order valence-electron chi connectivity index (χ0n) is 8.50. The molecule has 1 amide bonds. The third-order valence-electron chi connectivity index (χ3n) is 2.39. The number of nitrogens with one attached hydrogen (secondary N) is 1. The summed E-state index contributed by atoms with van der Waals surface area (Å²) in [7, 11) is 1.80. The Morgan fingerprint density at radius 2 is 2.31 bits per heavy atom. The second-order valence-corrected chi connectivity index (χ2v) is 4.29. The Labute approximate surface area is 78.9 Å². The minimum absolute atomic E-state index is 0.0422. The van der Waals surface area contributed by atoms with Crippen LogP contribution in [-0.4, -0.2) is 47.7 Å². The highest BCUT2D eigenvalue weighted by Gasteiger charge is 2.32. The number of aliphatic hydroxyl groups is 1. The number of nitrogens with zero attached hydrogens (tertiary/aromatic N) is 1. The van der Waals surface area contributed by atoms with Crippen molar-refractivity contribution >= 4 is 5.91 Å². The molecule has 0 bridgehead atoms. The van der Waals surface area contributed by atoms with Crippen LogP contribution in [0.25, 0.3) is 0 Å². The third kappa shape index (κ3) is 2.42. The first-order valence-electron chi connectivity index (χ1n) is 4.60. The van der Waals surface area contributed by atoms with E-state index in [4.69, 9.17) is 5.11 Å². The maximum atomic E-state index is 11.5. The lowest BCUT2D eigenvalue weighted by molar-refractivity contribution is -0.128. The van der Waals surface area contributed by atoms with Crippen molar-refractivity contribution in [2.75, 3.05) is 20.2 Å². The summed E-state index contributed by atoms with van der Waals surface area (Å²) in [6, 6.07) is -0.118. The second-order valence-electron chi connectivity index (χ2n) is 4.29. The van der Waals surface area contributed by atoms with Gasteiger partial charge in [0.05, 0.1) is 12.6 Å². The van der Waals surface area contributed by atoms with Crippen LogP contribution in [0.3, 0.4) is 0 Å². The van der Waals surface area contributed by atoms with E-state index in [2.05, 4.69) is 5.32 Å². The lowest BCUT2D eigenvalue weighted by atomic mass is 10.0. The van der Waals surface area contributed by atoms with Gasteiger partial charge in [0.15, 0.2) is 0 Å². The van der Waals surface area contributed by atoms with Gasteiger partial charge >= 0.3 is 0 Å². The molecule has 1 saturated heterocycles. The smallest absolute Gasteiger partial charge is 0.239 e. The summed E-state index contributed by atoms with van der Waals surface area (Å²) < 4.78 is 0. The molecular weight excluding hydrogens is 168 g/mol. The number of rotatable bonds is 3. The summed E-state index contributed by atoms with van der Waals surface area (Å²) in [6.07, 6.45) is 0.832. The van der Waals surface area contributed by atoms with E-state index in [1.165, 1.54) is 0 Å². The molecule has 4 nitrogen and oxygen atoms in total. The van der Waals surface area contributed by atoms with Crippen LogP contribution in [0.5, 0.6) is 0 Å². The summed E-state index contributed by atoms with van der Waals surface area (Å²) in [5.41, 5.74) is -0.370. The van der Waals surface area contributed by atoms with E-state index in [0.29, 0.717) is 0 Å². The number of amides is 1. The Balaban J connectivity index is 2.51. The highest BCUT2D eigenvalue weighted by molar-refractivity contribution is 5.83. The van der Waals surface area contributed by atoms with Crippen molar-refractivity contribution in [2.45, 2.75) is 31.8 Å². The van der Waals surface area contributed by atoms with Crippen molar-refractivity contribution in [1.29, 1.82) is 0 Å². The van der Waals surface area contributed by atoms with Crippen LogP contribution in [-0.2, 0) is 4.79 Å². The molecule has 1 fully saturated rings. The minimum atomic E-state index is -0.370. The number of aliphatic hydroxyl groups excluding tert-OH is 1. The van der Waals surface area contributed by atoms with Gasteiger partial charge < -0.3 is 10.0 Å². The standard InChI is InChI=1S/C9H18N2O2/c1-9(2,6-12)10-7-4-5-11(3)8(7)13/h7,10,12H,4-6H2,1-3H3. The number of hydrogen-bond acceptors (Lipinski definition) is 3. The summed E-state index contributed by atoms with van der Waals surface area (Å²) in [4.78, 5) is 13.2. The molecule has 0 aromatic carbocycles. The van der Waals surface area contributed by atoms with Crippen molar-refractivity contribution in [3.63, 3.8) is 0 Å². The van der Waals surface area contributed by atoms with Crippen LogP contribution in [0.15, 0.2) is 0 Å². The maximum Gasteiger partial charge on any atom is 0.239 e. The van der Waals surface area contributed by atoms with E-state index in [1.54, 1.807) is 11.9 Å². The first-order chi connectivity index (χ1) is 5.96. The highest BCUT2D eigenvalue weighted by atomic mass is 16.3. The van der Waals surface area contributed by atoms with Gasteiger partial charge in [0.25, 0.3) is 0 Å². The minimum Gasteiger partial charge on any atom is -0.394 e. The van der Waals surface area contributed by atoms with Gasteiger partial charge in [0.1, 0.15) is 0 Å². The molecule has 2 N–H and O–H groups in total. The highest BCUT2D eigenvalue weighted by Crippen LogP contribution is 2.12. The van der Waals surface area contributed by atoms with Crippen LogP contribution in [0.2, 0.25) is 0 Å². The summed E-state index contributed by atoms with van der Waals surface area (Å²) in [5, 5.41) is 12.2. The van der Waals surface area contributed by atoms with Gasteiger partial charge in [-0.3, -0.25) is 10.1 Å². The van der Waals surface area contributed by atoms with E-state index in [-0.39, 0.29) is 24.1 Å². The Morgan fingerprint density at radius 3 is 2.69 bits per heavy atom. The number of carbonyl (C=O) groups is 1. The van der Waals surface area contributed by atoms with Crippen LogP contribution < -0.4 is 5.32 Å². The van der Waals surface area contributed by atoms with E-state index >= 15 is 0 Å². The van der Waals surface area contributed by atoms with E-state index in [1.807, 2.05) is 13.8 Å². The van der Waals surface area contributed by atoms with E-state index in [9.17, 15) is 4.79 Å². The SMILES string of the molecule is CN1CCC(NC(C)(C)CO)C1=O. The summed E-state index contributed by atoms with van der Waals surface area (Å²) >= 11 is 0. The average molecular weight is 186 g/mol. The van der Waals surface area contributed by atoms with Gasteiger partial charge in [-0.1, -0.05) is 0 Å². The molecule has 1 atom stereocenters. The molecular formula is C9H18N2O2. The van der Waals surface area contributed by atoms with Gasteiger partial charge in [0, 0.05) is 19.1 Å². The monoisotopic (exact) mass is 186 g/mol. The fraction of sp³-hybridized carbons (Fsp3) is 0.889. The normalized spacial score (nSPS) is 24.2. The number of likely N-dealkylation sites (tertiary alicyclic amines) is 1.